The van der Waals surface area contributed by atoms with Crippen LogP contribution in [0.25, 0.3) is 0 Å². The number of aryl methyl sites for hydroxylation is 1. The van der Waals surface area contributed by atoms with Crippen molar-refractivity contribution in [2.24, 2.45) is 0 Å². The lowest BCUT2D eigenvalue weighted by atomic mass is 10.4. The molecule has 0 spiro atoms. The number of carbonyl (C=O) groups is 1. The van der Waals surface area contributed by atoms with E-state index in [0.29, 0.717) is 12.2 Å². The molecule has 0 aliphatic heterocycles. The van der Waals surface area contributed by atoms with Crippen molar-refractivity contribution in [3.8, 4) is 0 Å². The summed E-state index contributed by atoms with van der Waals surface area (Å²) < 4.78 is 0. The molecule has 0 aliphatic rings. The van der Waals surface area contributed by atoms with Gasteiger partial charge in [-0.15, -0.1) is 22.7 Å². The van der Waals surface area contributed by atoms with Crippen LogP contribution in [-0.4, -0.2) is 15.9 Å². The van der Waals surface area contributed by atoms with Crippen LogP contribution in [0.5, 0.6) is 0 Å². The smallest absolute Gasteiger partial charge is 0.271 e. The van der Waals surface area contributed by atoms with E-state index in [9.17, 15) is 4.79 Å². The third kappa shape index (κ3) is 2.60. The molecule has 0 atom stereocenters. The number of hydrogen-bond donors (Lipinski definition) is 1. The van der Waals surface area contributed by atoms with Crippen LogP contribution in [0, 0.1) is 6.92 Å². The van der Waals surface area contributed by atoms with Crippen molar-refractivity contribution in [3.05, 3.63) is 32.7 Å². The molecule has 0 saturated heterocycles. The molecular weight excluding hydrogens is 230 g/mol. The lowest BCUT2D eigenvalue weighted by Gasteiger charge is -1.99. The van der Waals surface area contributed by atoms with Crippen molar-refractivity contribution < 1.29 is 4.79 Å². The van der Waals surface area contributed by atoms with Crippen molar-refractivity contribution in [3.63, 3.8) is 0 Å². The van der Waals surface area contributed by atoms with E-state index < -0.39 is 0 Å². The van der Waals surface area contributed by atoms with Gasteiger partial charge in [0, 0.05) is 16.5 Å². The van der Waals surface area contributed by atoms with Gasteiger partial charge in [-0.2, -0.15) is 0 Å². The number of aromatic nitrogens is 2. The largest absolute Gasteiger partial charge is 0.346 e. The van der Waals surface area contributed by atoms with E-state index in [1.165, 1.54) is 11.3 Å². The number of hydrogen-bond acceptors (Lipinski definition) is 5. The van der Waals surface area contributed by atoms with Crippen molar-refractivity contribution in [1.29, 1.82) is 0 Å². The second-order valence-corrected chi connectivity index (χ2v) is 4.94. The Kier molecular flexibility index (Phi) is 3.08. The number of rotatable bonds is 3. The number of nitrogens with zero attached hydrogens (tertiary/aromatic N) is 2. The molecule has 78 valence electrons. The van der Waals surface area contributed by atoms with E-state index in [1.807, 2.05) is 6.92 Å². The summed E-state index contributed by atoms with van der Waals surface area (Å²) in [6, 6.07) is 0. The summed E-state index contributed by atoms with van der Waals surface area (Å²) in [6.07, 6.45) is 1.78. The van der Waals surface area contributed by atoms with Gasteiger partial charge in [-0.05, 0) is 6.92 Å². The third-order valence-electron chi connectivity index (χ3n) is 1.76. The van der Waals surface area contributed by atoms with Crippen molar-refractivity contribution in [2.75, 3.05) is 0 Å². The van der Waals surface area contributed by atoms with Crippen LogP contribution in [0.4, 0.5) is 0 Å². The van der Waals surface area contributed by atoms with Gasteiger partial charge >= 0.3 is 0 Å². The molecule has 1 amide bonds. The van der Waals surface area contributed by atoms with Gasteiger partial charge in [0.05, 0.1) is 17.1 Å². The van der Waals surface area contributed by atoms with Crippen molar-refractivity contribution in [2.45, 2.75) is 13.5 Å². The standard InChI is InChI=1S/C9H9N3OS2/c1-6-10-2-7(15-6)3-11-9(13)8-4-14-5-12-8/h2,4-5H,3H2,1H3,(H,11,13). The van der Waals surface area contributed by atoms with Crippen LogP contribution in [0.15, 0.2) is 17.1 Å². The van der Waals surface area contributed by atoms with Crippen LogP contribution >= 0.6 is 22.7 Å². The summed E-state index contributed by atoms with van der Waals surface area (Å²) in [5.74, 6) is -0.137. The van der Waals surface area contributed by atoms with Crippen molar-refractivity contribution in [1.82, 2.24) is 15.3 Å². The zero-order valence-corrected chi connectivity index (χ0v) is 9.69. The second kappa shape index (κ2) is 4.50. The van der Waals surface area contributed by atoms with E-state index >= 15 is 0 Å². The molecule has 15 heavy (non-hydrogen) atoms. The Morgan fingerprint density at radius 2 is 2.40 bits per heavy atom. The fourth-order valence-electron chi connectivity index (χ4n) is 1.07. The highest BCUT2D eigenvalue weighted by Crippen LogP contribution is 2.11. The van der Waals surface area contributed by atoms with Gasteiger partial charge in [0.1, 0.15) is 5.69 Å². The van der Waals surface area contributed by atoms with Gasteiger partial charge in [-0.1, -0.05) is 0 Å². The summed E-state index contributed by atoms with van der Waals surface area (Å²) in [7, 11) is 0. The first-order chi connectivity index (χ1) is 7.25. The molecule has 2 aromatic heterocycles. The Morgan fingerprint density at radius 1 is 1.53 bits per heavy atom. The van der Waals surface area contributed by atoms with Crippen LogP contribution in [0.1, 0.15) is 20.4 Å². The molecule has 0 radical (unpaired) electrons. The Labute approximate surface area is 95.0 Å². The fraction of sp³-hybridized carbons (Fsp3) is 0.222. The average molecular weight is 239 g/mol. The molecule has 4 nitrogen and oxygen atoms in total. The zero-order chi connectivity index (χ0) is 10.7. The lowest BCUT2D eigenvalue weighted by molar-refractivity contribution is 0.0947. The van der Waals surface area contributed by atoms with Gasteiger partial charge in [0.15, 0.2) is 0 Å². The maximum atomic E-state index is 11.5. The normalized spacial score (nSPS) is 10.2. The highest BCUT2D eigenvalue weighted by molar-refractivity contribution is 7.11. The molecule has 0 fully saturated rings. The molecular formula is C9H9N3OS2. The highest BCUT2D eigenvalue weighted by atomic mass is 32.1. The quantitative estimate of drug-likeness (QED) is 0.889. The number of amides is 1. The van der Waals surface area contributed by atoms with E-state index in [-0.39, 0.29) is 5.91 Å². The molecule has 0 bridgehead atoms. The first-order valence-electron chi connectivity index (χ1n) is 4.33. The molecule has 1 N–H and O–H groups in total. The Bertz CT molecular complexity index is 450. The zero-order valence-electron chi connectivity index (χ0n) is 8.06. The first-order valence-corrected chi connectivity index (χ1v) is 6.09. The average Bonchev–Trinajstić information content (AvgIpc) is 2.84. The van der Waals surface area contributed by atoms with Crippen molar-refractivity contribution >= 4 is 28.6 Å². The van der Waals surface area contributed by atoms with Gasteiger partial charge in [0.2, 0.25) is 0 Å². The summed E-state index contributed by atoms with van der Waals surface area (Å²) in [5.41, 5.74) is 2.12. The maximum Gasteiger partial charge on any atom is 0.271 e. The van der Waals surface area contributed by atoms with Crippen LogP contribution in [0.3, 0.4) is 0 Å². The summed E-state index contributed by atoms with van der Waals surface area (Å²) in [5, 5.41) is 5.53. The molecule has 6 heteroatoms. The predicted molar refractivity (Wildman–Crippen MR) is 60.1 cm³/mol. The summed E-state index contributed by atoms with van der Waals surface area (Å²) in [4.78, 5) is 20.6. The molecule has 2 rings (SSSR count). The van der Waals surface area contributed by atoms with Gasteiger partial charge < -0.3 is 5.32 Å². The topological polar surface area (TPSA) is 54.9 Å². The Hall–Kier alpha value is -1.27. The maximum absolute atomic E-state index is 11.5. The third-order valence-corrected chi connectivity index (χ3v) is 3.26. The lowest BCUT2D eigenvalue weighted by Crippen LogP contribution is -2.22. The minimum Gasteiger partial charge on any atom is -0.346 e. The molecule has 2 heterocycles. The fourth-order valence-corrected chi connectivity index (χ4v) is 2.34. The summed E-state index contributed by atoms with van der Waals surface area (Å²) >= 11 is 3.00. The molecule has 0 unspecified atom stereocenters. The monoisotopic (exact) mass is 239 g/mol. The number of thiazole rings is 2. The van der Waals surface area contributed by atoms with Crippen LogP contribution < -0.4 is 5.32 Å². The van der Waals surface area contributed by atoms with E-state index in [4.69, 9.17) is 0 Å². The second-order valence-electron chi connectivity index (χ2n) is 2.90. The van der Waals surface area contributed by atoms with Gasteiger partial charge in [-0.25, -0.2) is 9.97 Å². The minimum absolute atomic E-state index is 0.137. The number of carbonyl (C=O) groups excluding carboxylic acids is 1. The van der Waals surface area contributed by atoms with Crippen LogP contribution in [-0.2, 0) is 6.54 Å². The Balaban J connectivity index is 1.91. The molecule has 2 aromatic rings. The molecule has 0 aliphatic carbocycles. The minimum atomic E-state index is -0.137. The van der Waals surface area contributed by atoms with E-state index in [2.05, 4.69) is 15.3 Å². The highest BCUT2D eigenvalue weighted by Gasteiger charge is 2.07. The SMILES string of the molecule is Cc1ncc(CNC(=O)c2cscn2)s1. The van der Waals surface area contributed by atoms with Crippen LogP contribution in [0.2, 0.25) is 0 Å². The number of nitrogens with one attached hydrogen (secondary N) is 1. The van der Waals surface area contributed by atoms with E-state index in [0.717, 1.165) is 9.88 Å². The molecule has 0 saturated carbocycles. The first kappa shape index (κ1) is 10.3. The van der Waals surface area contributed by atoms with Gasteiger partial charge in [0.25, 0.3) is 5.91 Å². The van der Waals surface area contributed by atoms with Gasteiger partial charge in [-0.3, -0.25) is 4.79 Å². The Morgan fingerprint density at radius 3 is 3.00 bits per heavy atom. The summed E-state index contributed by atoms with van der Waals surface area (Å²) in [6.45, 7) is 2.46. The predicted octanol–water partition coefficient (Wildman–Crippen LogP) is 1.84. The molecule has 0 aromatic carbocycles. The van der Waals surface area contributed by atoms with E-state index in [1.54, 1.807) is 28.4 Å².